The number of amides is 3. The molecule has 0 bridgehead atoms. The number of hydrogen-bond donors (Lipinski definition) is 2. The molecule has 0 unspecified atom stereocenters. The van der Waals surface area contributed by atoms with Gasteiger partial charge in [0.15, 0.2) is 0 Å². The van der Waals surface area contributed by atoms with Gasteiger partial charge in [-0.25, -0.2) is 4.79 Å². The quantitative estimate of drug-likeness (QED) is 0.866. The number of piperidine rings is 1. The molecule has 24 heavy (non-hydrogen) atoms. The molecule has 1 heterocycles. The third kappa shape index (κ3) is 5.25. The summed E-state index contributed by atoms with van der Waals surface area (Å²) in [5.41, 5.74) is 3.06. The number of carbonyl (C=O) groups is 2. The van der Waals surface area contributed by atoms with Crippen LogP contribution in [-0.2, 0) is 4.79 Å². The molecule has 0 aromatic heterocycles. The van der Waals surface area contributed by atoms with Crippen molar-refractivity contribution in [1.29, 1.82) is 0 Å². The Hall–Kier alpha value is -2.04. The number of unbranched alkanes of at least 4 members (excludes halogenated alkanes) is 1. The molecule has 0 saturated carbocycles. The van der Waals surface area contributed by atoms with Crippen molar-refractivity contribution in [2.24, 2.45) is 0 Å². The fraction of sp³-hybridized carbons (Fsp3) is 0.579. The van der Waals surface area contributed by atoms with Crippen LogP contribution in [0.2, 0.25) is 0 Å². The summed E-state index contributed by atoms with van der Waals surface area (Å²) in [6.45, 7) is 7.44. The number of carbonyl (C=O) groups excluding carboxylic acids is 2. The van der Waals surface area contributed by atoms with E-state index in [1.807, 2.05) is 36.9 Å². The summed E-state index contributed by atoms with van der Waals surface area (Å²) < 4.78 is 0. The van der Waals surface area contributed by atoms with Crippen LogP contribution in [0.4, 0.5) is 10.5 Å². The first-order valence-electron chi connectivity index (χ1n) is 8.92. The Morgan fingerprint density at radius 1 is 1.21 bits per heavy atom. The number of aryl methyl sites for hydroxylation is 2. The van der Waals surface area contributed by atoms with Crippen molar-refractivity contribution in [2.75, 3.05) is 18.4 Å². The maximum atomic E-state index is 12.4. The second-order valence-corrected chi connectivity index (χ2v) is 6.68. The van der Waals surface area contributed by atoms with Crippen molar-refractivity contribution in [3.63, 3.8) is 0 Å². The van der Waals surface area contributed by atoms with Crippen molar-refractivity contribution >= 4 is 17.6 Å². The summed E-state index contributed by atoms with van der Waals surface area (Å²) >= 11 is 0. The van der Waals surface area contributed by atoms with Crippen LogP contribution in [0.15, 0.2) is 18.2 Å². The Morgan fingerprint density at radius 2 is 1.92 bits per heavy atom. The van der Waals surface area contributed by atoms with Gasteiger partial charge in [-0.1, -0.05) is 25.5 Å². The SMILES string of the molecule is CCCCC(=O)NC1CCN(C(=O)Nc2cc(C)ccc2C)CC1. The summed E-state index contributed by atoms with van der Waals surface area (Å²) in [6, 6.07) is 6.19. The normalized spacial score (nSPS) is 15.2. The topological polar surface area (TPSA) is 61.4 Å². The third-order valence-corrected chi connectivity index (χ3v) is 4.54. The smallest absolute Gasteiger partial charge is 0.321 e. The average Bonchev–Trinajstić information content (AvgIpc) is 2.57. The Kier molecular flexibility index (Phi) is 6.64. The van der Waals surface area contributed by atoms with E-state index in [9.17, 15) is 9.59 Å². The van der Waals surface area contributed by atoms with E-state index in [0.29, 0.717) is 19.5 Å². The highest BCUT2D eigenvalue weighted by molar-refractivity contribution is 5.90. The molecule has 5 heteroatoms. The number of nitrogens with one attached hydrogen (secondary N) is 2. The summed E-state index contributed by atoms with van der Waals surface area (Å²) in [7, 11) is 0. The minimum absolute atomic E-state index is 0.0561. The number of urea groups is 1. The van der Waals surface area contributed by atoms with E-state index in [1.165, 1.54) is 0 Å². The van der Waals surface area contributed by atoms with Gasteiger partial charge in [-0.05, 0) is 50.3 Å². The van der Waals surface area contributed by atoms with E-state index >= 15 is 0 Å². The van der Waals surface area contributed by atoms with Gasteiger partial charge in [-0.2, -0.15) is 0 Å². The average molecular weight is 331 g/mol. The van der Waals surface area contributed by atoms with E-state index in [2.05, 4.69) is 17.6 Å². The van der Waals surface area contributed by atoms with Crippen LogP contribution < -0.4 is 10.6 Å². The Balaban J connectivity index is 1.80. The zero-order valence-electron chi connectivity index (χ0n) is 15.0. The van der Waals surface area contributed by atoms with Crippen molar-refractivity contribution in [3.8, 4) is 0 Å². The van der Waals surface area contributed by atoms with Crippen LogP contribution in [-0.4, -0.2) is 36.0 Å². The van der Waals surface area contributed by atoms with Crippen LogP contribution in [0.5, 0.6) is 0 Å². The van der Waals surface area contributed by atoms with Gasteiger partial charge in [0.05, 0.1) is 0 Å². The van der Waals surface area contributed by atoms with Crippen LogP contribution in [0.3, 0.4) is 0 Å². The number of rotatable bonds is 5. The van der Waals surface area contributed by atoms with Gasteiger partial charge in [0, 0.05) is 31.2 Å². The molecule has 2 N–H and O–H groups in total. The minimum atomic E-state index is -0.0561. The van der Waals surface area contributed by atoms with Crippen LogP contribution in [0, 0.1) is 13.8 Å². The molecule has 1 saturated heterocycles. The molecule has 1 aromatic rings. The highest BCUT2D eigenvalue weighted by Crippen LogP contribution is 2.18. The third-order valence-electron chi connectivity index (χ3n) is 4.54. The first kappa shape index (κ1) is 18.3. The highest BCUT2D eigenvalue weighted by atomic mass is 16.2. The van der Waals surface area contributed by atoms with Gasteiger partial charge in [0.1, 0.15) is 0 Å². The van der Waals surface area contributed by atoms with Crippen molar-refractivity contribution in [3.05, 3.63) is 29.3 Å². The van der Waals surface area contributed by atoms with E-state index in [0.717, 1.165) is 42.5 Å². The standard InChI is InChI=1S/C19H29N3O2/c1-4-5-6-18(23)20-16-9-11-22(12-10-16)19(24)21-17-13-14(2)7-8-15(17)3/h7-8,13,16H,4-6,9-12H2,1-3H3,(H,20,23)(H,21,24). The molecule has 1 aliphatic rings. The Labute approximate surface area is 144 Å². The molecule has 3 amide bonds. The second-order valence-electron chi connectivity index (χ2n) is 6.68. The van der Waals surface area contributed by atoms with E-state index in [4.69, 9.17) is 0 Å². The van der Waals surface area contributed by atoms with Gasteiger partial charge < -0.3 is 15.5 Å². The van der Waals surface area contributed by atoms with Gasteiger partial charge >= 0.3 is 6.03 Å². The molecule has 5 nitrogen and oxygen atoms in total. The van der Waals surface area contributed by atoms with E-state index in [1.54, 1.807) is 0 Å². The summed E-state index contributed by atoms with van der Waals surface area (Å²) in [6.07, 6.45) is 4.20. The maximum Gasteiger partial charge on any atom is 0.321 e. The lowest BCUT2D eigenvalue weighted by Crippen LogP contribution is -2.47. The summed E-state index contributed by atoms with van der Waals surface area (Å²) in [5.74, 6) is 0.134. The lowest BCUT2D eigenvalue weighted by Gasteiger charge is -2.32. The summed E-state index contributed by atoms with van der Waals surface area (Å²) in [4.78, 5) is 26.1. The van der Waals surface area contributed by atoms with Gasteiger partial charge in [0.2, 0.25) is 5.91 Å². The number of likely N-dealkylation sites (tertiary alicyclic amines) is 1. The monoisotopic (exact) mass is 331 g/mol. The molecule has 132 valence electrons. The fourth-order valence-electron chi connectivity index (χ4n) is 2.93. The number of anilines is 1. The van der Waals surface area contributed by atoms with Crippen LogP contribution >= 0.6 is 0 Å². The number of nitrogens with zero attached hydrogens (tertiary/aromatic N) is 1. The van der Waals surface area contributed by atoms with Crippen molar-refractivity contribution < 1.29 is 9.59 Å². The molecule has 0 radical (unpaired) electrons. The van der Waals surface area contributed by atoms with Crippen LogP contribution in [0.1, 0.15) is 50.2 Å². The lowest BCUT2D eigenvalue weighted by molar-refractivity contribution is -0.122. The van der Waals surface area contributed by atoms with E-state index in [-0.39, 0.29) is 18.0 Å². The number of hydrogen-bond acceptors (Lipinski definition) is 2. The van der Waals surface area contributed by atoms with Crippen LogP contribution in [0.25, 0.3) is 0 Å². The highest BCUT2D eigenvalue weighted by Gasteiger charge is 2.24. The van der Waals surface area contributed by atoms with Gasteiger partial charge in [0.25, 0.3) is 0 Å². The first-order chi connectivity index (χ1) is 11.5. The Bertz CT molecular complexity index is 578. The molecule has 0 aliphatic carbocycles. The van der Waals surface area contributed by atoms with Gasteiger partial charge in [-0.3, -0.25) is 4.79 Å². The van der Waals surface area contributed by atoms with Crippen molar-refractivity contribution in [2.45, 2.75) is 58.9 Å². The molecule has 2 rings (SSSR count). The van der Waals surface area contributed by atoms with E-state index < -0.39 is 0 Å². The molecule has 0 atom stereocenters. The molecule has 1 fully saturated rings. The van der Waals surface area contributed by atoms with Crippen molar-refractivity contribution in [1.82, 2.24) is 10.2 Å². The fourth-order valence-corrected chi connectivity index (χ4v) is 2.93. The first-order valence-corrected chi connectivity index (χ1v) is 8.92. The molecule has 1 aromatic carbocycles. The molecular formula is C19H29N3O2. The number of benzene rings is 1. The largest absolute Gasteiger partial charge is 0.353 e. The summed E-state index contributed by atoms with van der Waals surface area (Å²) in [5, 5.41) is 6.09. The zero-order valence-corrected chi connectivity index (χ0v) is 15.0. The minimum Gasteiger partial charge on any atom is -0.353 e. The molecule has 1 aliphatic heterocycles. The second kappa shape index (κ2) is 8.71. The van der Waals surface area contributed by atoms with Gasteiger partial charge in [-0.15, -0.1) is 0 Å². The predicted molar refractivity (Wildman–Crippen MR) is 97.2 cm³/mol. The lowest BCUT2D eigenvalue weighted by atomic mass is 10.0. The Morgan fingerprint density at radius 3 is 2.58 bits per heavy atom. The molecule has 0 spiro atoms. The zero-order chi connectivity index (χ0) is 17.5. The maximum absolute atomic E-state index is 12.4. The molecular weight excluding hydrogens is 302 g/mol. The predicted octanol–water partition coefficient (Wildman–Crippen LogP) is 3.61.